The summed E-state index contributed by atoms with van der Waals surface area (Å²) in [5, 5.41) is 11.0. The molecule has 0 saturated heterocycles. The number of esters is 1. The number of hydrogen-bond acceptors (Lipinski definition) is 6. The molecule has 0 aliphatic heterocycles. The van der Waals surface area contributed by atoms with Crippen molar-refractivity contribution in [3.05, 3.63) is 27.0 Å². The molecule has 0 N–H and O–H groups in total. The summed E-state index contributed by atoms with van der Waals surface area (Å²) in [5.41, 5.74) is -0.0906. The van der Waals surface area contributed by atoms with Crippen molar-refractivity contribution in [1.29, 1.82) is 0 Å². The molecule has 1 aromatic rings. The van der Waals surface area contributed by atoms with Gasteiger partial charge in [-0.05, 0) is 34.2 Å². The molecule has 0 unspecified atom stereocenters. The lowest BCUT2D eigenvalue weighted by molar-refractivity contribution is -0.388. The fourth-order valence-electron chi connectivity index (χ4n) is 1.84. The third-order valence-electron chi connectivity index (χ3n) is 3.26. The van der Waals surface area contributed by atoms with Crippen molar-refractivity contribution in [2.45, 2.75) is 24.2 Å². The maximum absolute atomic E-state index is 11.4. The highest BCUT2D eigenvalue weighted by molar-refractivity contribution is 9.10. The Morgan fingerprint density at radius 1 is 1.60 bits per heavy atom. The normalized spacial score (nSPS) is 15.7. The first-order chi connectivity index (χ1) is 9.47. The van der Waals surface area contributed by atoms with E-state index >= 15 is 0 Å². The lowest BCUT2D eigenvalue weighted by Gasteiger charge is -2.13. The van der Waals surface area contributed by atoms with E-state index in [-0.39, 0.29) is 17.1 Å². The van der Waals surface area contributed by atoms with Gasteiger partial charge in [-0.1, -0.05) is 0 Å². The minimum atomic E-state index is -0.444. The number of hydrogen-bond donors (Lipinski definition) is 0. The largest absolute Gasteiger partial charge is 0.469 e. The molecule has 0 atom stereocenters. The number of carbonyl (C=O) groups is 1. The Morgan fingerprint density at radius 3 is 2.85 bits per heavy atom. The molecule has 1 aliphatic rings. The van der Waals surface area contributed by atoms with E-state index in [1.807, 2.05) is 0 Å². The van der Waals surface area contributed by atoms with Crippen LogP contribution in [0.1, 0.15) is 19.3 Å². The number of pyridine rings is 1. The summed E-state index contributed by atoms with van der Waals surface area (Å²) in [4.78, 5) is 26.3. The molecule has 0 amide bonds. The summed E-state index contributed by atoms with van der Waals surface area (Å²) in [6, 6.07) is 0. The first-order valence-electron chi connectivity index (χ1n) is 5.95. The van der Waals surface area contributed by atoms with E-state index in [1.54, 1.807) is 0 Å². The molecular formula is C12H13BrN2O4S. The summed E-state index contributed by atoms with van der Waals surface area (Å²) in [5.74, 6) is 0.428. The summed E-state index contributed by atoms with van der Waals surface area (Å²) < 4.78 is 5.29. The van der Waals surface area contributed by atoms with Gasteiger partial charge in [0.25, 0.3) is 0 Å². The molecule has 2 rings (SSSR count). The van der Waals surface area contributed by atoms with Crippen LogP contribution in [0.4, 0.5) is 5.69 Å². The van der Waals surface area contributed by atoms with E-state index in [9.17, 15) is 14.9 Å². The van der Waals surface area contributed by atoms with Crippen molar-refractivity contribution < 1.29 is 14.5 Å². The molecule has 0 radical (unpaired) electrons. The van der Waals surface area contributed by atoms with Gasteiger partial charge in [-0.3, -0.25) is 19.9 Å². The molecule has 1 aromatic heterocycles. The van der Waals surface area contributed by atoms with Crippen molar-refractivity contribution in [3.63, 3.8) is 0 Å². The number of halogens is 1. The fourth-order valence-corrected chi connectivity index (χ4v) is 3.81. The van der Waals surface area contributed by atoms with Crippen LogP contribution in [-0.4, -0.2) is 28.7 Å². The van der Waals surface area contributed by atoms with Crippen LogP contribution in [0, 0.1) is 15.5 Å². The Morgan fingerprint density at radius 2 is 2.30 bits per heavy atom. The van der Waals surface area contributed by atoms with E-state index < -0.39 is 4.92 Å². The highest BCUT2D eigenvalue weighted by Gasteiger charge is 2.45. The Labute approximate surface area is 128 Å². The number of methoxy groups -OCH3 is 1. The van der Waals surface area contributed by atoms with Crippen LogP contribution in [0.15, 0.2) is 21.8 Å². The maximum Gasteiger partial charge on any atom is 0.306 e. The highest BCUT2D eigenvalue weighted by atomic mass is 79.9. The molecule has 0 aromatic carbocycles. The topological polar surface area (TPSA) is 82.3 Å². The van der Waals surface area contributed by atoms with Crippen LogP contribution < -0.4 is 0 Å². The quantitative estimate of drug-likeness (QED) is 0.335. The van der Waals surface area contributed by atoms with Crippen LogP contribution in [0.25, 0.3) is 0 Å². The average molecular weight is 361 g/mol. The van der Waals surface area contributed by atoms with E-state index in [0.717, 1.165) is 12.8 Å². The first-order valence-corrected chi connectivity index (χ1v) is 7.73. The predicted molar refractivity (Wildman–Crippen MR) is 77.6 cm³/mol. The third kappa shape index (κ3) is 3.49. The molecule has 108 valence electrons. The van der Waals surface area contributed by atoms with Gasteiger partial charge in [0.05, 0.1) is 22.9 Å². The minimum Gasteiger partial charge on any atom is -0.469 e. The zero-order chi connectivity index (χ0) is 14.8. The standard InChI is InChI=1S/C12H13BrN2O4S/c1-19-10(16)4-12(2-3-12)7-20-11-8(13)5-14-6-9(11)15(17)18/h5-6H,2-4,7H2,1H3. The molecule has 20 heavy (non-hydrogen) atoms. The highest BCUT2D eigenvalue weighted by Crippen LogP contribution is 2.53. The number of carbonyl (C=O) groups excluding carboxylic acids is 1. The summed E-state index contributed by atoms with van der Waals surface area (Å²) >= 11 is 4.68. The number of rotatable bonds is 6. The van der Waals surface area contributed by atoms with Gasteiger partial charge in [-0.15, -0.1) is 11.8 Å². The fraction of sp³-hybridized carbons (Fsp3) is 0.500. The zero-order valence-corrected chi connectivity index (χ0v) is 13.2. The van der Waals surface area contributed by atoms with Crippen LogP contribution in [-0.2, 0) is 9.53 Å². The van der Waals surface area contributed by atoms with Crippen molar-refractivity contribution in [3.8, 4) is 0 Å². The van der Waals surface area contributed by atoms with E-state index in [0.29, 0.717) is 21.5 Å². The smallest absolute Gasteiger partial charge is 0.306 e. The van der Waals surface area contributed by atoms with Crippen molar-refractivity contribution in [2.75, 3.05) is 12.9 Å². The number of nitro groups is 1. The van der Waals surface area contributed by atoms with Gasteiger partial charge in [0.15, 0.2) is 0 Å². The number of nitrogens with zero attached hydrogens (tertiary/aromatic N) is 2. The summed E-state index contributed by atoms with van der Waals surface area (Å²) in [6.45, 7) is 0. The van der Waals surface area contributed by atoms with Crippen LogP contribution in [0.3, 0.4) is 0 Å². The zero-order valence-electron chi connectivity index (χ0n) is 10.8. The Hall–Kier alpha value is -1.15. The van der Waals surface area contributed by atoms with Crippen LogP contribution >= 0.6 is 27.7 Å². The molecule has 0 bridgehead atoms. The molecule has 0 spiro atoms. The molecule has 6 nitrogen and oxygen atoms in total. The number of ether oxygens (including phenoxy) is 1. The van der Waals surface area contributed by atoms with Gasteiger partial charge in [0.2, 0.25) is 0 Å². The second-order valence-electron chi connectivity index (χ2n) is 4.77. The third-order valence-corrected chi connectivity index (χ3v) is 5.60. The van der Waals surface area contributed by atoms with Gasteiger partial charge in [-0.25, -0.2) is 0 Å². The molecule has 1 heterocycles. The average Bonchev–Trinajstić information content (AvgIpc) is 3.16. The Balaban J connectivity index is 2.08. The number of thioether (sulfide) groups is 1. The van der Waals surface area contributed by atoms with Crippen LogP contribution in [0.2, 0.25) is 0 Å². The van der Waals surface area contributed by atoms with E-state index in [1.165, 1.54) is 31.3 Å². The van der Waals surface area contributed by atoms with Crippen LogP contribution in [0.5, 0.6) is 0 Å². The second-order valence-corrected chi connectivity index (χ2v) is 6.61. The van der Waals surface area contributed by atoms with Crippen molar-refractivity contribution in [2.24, 2.45) is 5.41 Å². The lowest BCUT2D eigenvalue weighted by Crippen LogP contribution is -2.13. The second kappa shape index (κ2) is 6.09. The van der Waals surface area contributed by atoms with Gasteiger partial charge in [-0.2, -0.15) is 0 Å². The van der Waals surface area contributed by atoms with E-state index in [2.05, 4.69) is 25.7 Å². The SMILES string of the molecule is COC(=O)CC1(CSc2c(Br)cncc2[N+](=O)[O-])CC1. The lowest BCUT2D eigenvalue weighted by atomic mass is 10.1. The Bertz CT molecular complexity index is 548. The van der Waals surface area contributed by atoms with E-state index in [4.69, 9.17) is 0 Å². The van der Waals surface area contributed by atoms with Gasteiger partial charge in [0.1, 0.15) is 11.1 Å². The van der Waals surface area contributed by atoms with Crippen molar-refractivity contribution in [1.82, 2.24) is 4.98 Å². The minimum absolute atomic E-state index is 0.0155. The molecule has 8 heteroatoms. The first kappa shape index (κ1) is 15.2. The molecule has 1 saturated carbocycles. The Kier molecular flexibility index (Phi) is 4.64. The van der Waals surface area contributed by atoms with Gasteiger partial charge < -0.3 is 4.74 Å². The monoisotopic (exact) mass is 360 g/mol. The summed E-state index contributed by atoms with van der Waals surface area (Å²) in [7, 11) is 1.37. The maximum atomic E-state index is 11.4. The molecule has 1 aliphatic carbocycles. The van der Waals surface area contributed by atoms with Crippen molar-refractivity contribution >= 4 is 39.3 Å². The number of aromatic nitrogens is 1. The molecular weight excluding hydrogens is 348 g/mol. The summed E-state index contributed by atoms with van der Waals surface area (Å²) in [6.07, 6.45) is 5.05. The predicted octanol–water partition coefficient (Wildman–Crippen LogP) is 3.19. The molecule has 1 fully saturated rings. The van der Waals surface area contributed by atoms with Gasteiger partial charge in [0, 0.05) is 11.9 Å². The van der Waals surface area contributed by atoms with Gasteiger partial charge >= 0.3 is 11.7 Å².